The van der Waals surface area contributed by atoms with Gasteiger partial charge in [0.05, 0.1) is 5.71 Å². The van der Waals surface area contributed by atoms with E-state index in [1.165, 1.54) is 5.01 Å². The third kappa shape index (κ3) is 4.38. The van der Waals surface area contributed by atoms with Gasteiger partial charge in [-0.2, -0.15) is 5.10 Å². The molecule has 2 amide bonds. The lowest BCUT2D eigenvalue weighted by Gasteiger charge is -2.17. The highest BCUT2D eigenvalue weighted by molar-refractivity contribution is 5.99. The van der Waals surface area contributed by atoms with Gasteiger partial charge in [-0.15, -0.1) is 0 Å². The fourth-order valence-corrected chi connectivity index (χ4v) is 1.34. The Morgan fingerprint density at radius 2 is 2.11 bits per heavy atom. The van der Waals surface area contributed by atoms with Gasteiger partial charge in [-0.1, -0.05) is 13.5 Å². The summed E-state index contributed by atoms with van der Waals surface area (Å²) < 4.78 is 0. The first-order chi connectivity index (χ1) is 8.93. The van der Waals surface area contributed by atoms with Crippen molar-refractivity contribution in [2.75, 3.05) is 7.05 Å². The minimum Gasteiger partial charge on any atom is -0.351 e. The summed E-state index contributed by atoms with van der Waals surface area (Å²) in [4.78, 5) is 19.0. The average molecular weight is 262 g/mol. The van der Waals surface area contributed by atoms with Crippen LogP contribution in [0.25, 0.3) is 0 Å². The van der Waals surface area contributed by atoms with Crippen LogP contribution in [0.5, 0.6) is 0 Å². The molecule has 0 aromatic carbocycles. The third-order valence-electron chi connectivity index (χ3n) is 2.38. The van der Waals surface area contributed by atoms with E-state index in [2.05, 4.69) is 27.0 Å². The van der Waals surface area contributed by atoms with Gasteiger partial charge in [-0.25, -0.2) is 14.8 Å². The number of carbonyl (C=O) groups is 1. The number of nitrogens with zero attached hydrogens (tertiary/aromatic N) is 4. The Morgan fingerprint density at radius 1 is 1.53 bits per heavy atom. The van der Waals surface area contributed by atoms with E-state index in [0.717, 1.165) is 11.3 Å². The van der Waals surface area contributed by atoms with Gasteiger partial charge in [-0.3, -0.25) is 10.3 Å². The Labute approximate surface area is 112 Å². The van der Waals surface area contributed by atoms with E-state index in [1.807, 2.05) is 13.8 Å². The van der Waals surface area contributed by atoms with Crippen LogP contribution in [0.4, 0.5) is 4.79 Å². The molecule has 1 aromatic rings. The summed E-state index contributed by atoms with van der Waals surface area (Å²) >= 11 is 0. The number of hydrazone groups is 1. The zero-order valence-electron chi connectivity index (χ0n) is 11.3. The molecule has 0 atom stereocenters. The van der Waals surface area contributed by atoms with E-state index < -0.39 is 6.03 Å². The standard InChI is InChI=1S/C12H18N6O/c1-5-11(10-6-14-8(2)15-7-10)17-18(4)9(3)16-12(13)19/h6-7H,3,5H2,1-2,4H3,(H3,13,16,19)/b17-11+. The van der Waals surface area contributed by atoms with Crippen molar-refractivity contribution in [1.82, 2.24) is 20.3 Å². The molecule has 19 heavy (non-hydrogen) atoms. The van der Waals surface area contributed by atoms with Crippen molar-refractivity contribution in [3.05, 3.63) is 36.2 Å². The molecule has 0 fully saturated rings. The van der Waals surface area contributed by atoms with Gasteiger partial charge in [0, 0.05) is 25.0 Å². The summed E-state index contributed by atoms with van der Waals surface area (Å²) in [6, 6.07) is -0.677. The van der Waals surface area contributed by atoms with E-state index in [4.69, 9.17) is 5.73 Å². The number of primary amides is 1. The van der Waals surface area contributed by atoms with E-state index in [-0.39, 0.29) is 0 Å². The highest BCUT2D eigenvalue weighted by atomic mass is 16.2. The van der Waals surface area contributed by atoms with Crippen molar-refractivity contribution in [3.63, 3.8) is 0 Å². The van der Waals surface area contributed by atoms with Crippen LogP contribution in [0, 0.1) is 6.92 Å². The van der Waals surface area contributed by atoms with Crippen LogP contribution in [0.2, 0.25) is 0 Å². The Bertz CT molecular complexity index is 493. The number of nitrogens with one attached hydrogen (secondary N) is 1. The zero-order chi connectivity index (χ0) is 14.4. The number of carbonyl (C=O) groups excluding carboxylic acids is 1. The zero-order valence-corrected chi connectivity index (χ0v) is 11.3. The lowest BCUT2D eigenvalue weighted by atomic mass is 10.2. The third-order valence-corrected chi connectivity index (χ3v) is 2.38. The van der Waals surface area contributed by atoms with Crippen molar-refractivity contribution in [2.45, 2.75) is 20.3 Å². The van der Waals surface area contributed by atoms with Gasteiger partial charge >= 0.3 is 6.03 Å². The molecule has 0 unspecified atom stereocenters. The predicted octanol–water partition coefficient (Wildman–Crippen LogP) is 0.970. The molecular formula is C12H18N6O. The van der Waals surface area contributed by atoms with Gasteiger partial charge in [0.1, 0.15) is 11.6 Å². The number of urea groups is 1. The molecule has 7 nitrogen and oxygen atoms in total. The molecule has 102 valence electrons. The smallest absolute Gasteiger partial charge is 0.317 e. The molecule has 1 heterocycles. The molecular weight excluding hydrogens is 244 g/mol. The number of hydrogen-bond donors (Lipinski definition) is 2. The van der Waals surface area contributed by atoms with Crippen LogP contribution in [0.3, 0.4) is 0 Å². The molecule has 1 rings (SSSR count). The lowest BCUT2D eigenvalue weighted by Crippen LogP contribution is -2.34. The maximum absolute atomic E-state index is 10.7. The van der Waals surface area contributed by atoms with E-state index in [0.29, 0.717) is 18.1 Å². The predicted molar refractivity (Wildman–Crippen MR) is 73.2 cm³/mol. The van der Waals surface area contributed by atoms with Crippen molar-refractivity contribution in [2.24, 2.45) is 10.8 Å². The van der Waals surface area contributed by atoms with Crippen molar-refractivity contribution >= 4 is 11.7 Å². The lowest BCUT2D eigenvalue weighted by molar-refractivity contribution is 0.247. The molecule has 1 aromatic heterocycles. The number of nitrogens with two attached hydrogens (primary N) is 1. The first kappa shape index (κ1) is 14.6. The molecule has 0 spiro atoms. The highest BCUT2D eigenvalue weighted by Gasteiger charge is 2.07. The van der Waals surface area contributed by atoms with E-state index >= 15 is 0 Å². The first-order valence-corrected chi connectivity index (χ1v) is 5.79. The van der Waals surface area contributed by atoms with Gasteiger partial charge in [0.15, 0.2) is 0 Å². The van der Waals surface area contributed by atoms with Crippen molar-refractivity contribution < 1.29 is 4.79 Å². The molecule has 0 aliphatic heterocycles. The second kappa shape index (κ2) is 6.48. The molecule has 0 aliphatic rings. The van der Waals surface area contributed by atoms with E-state index in [1.54, 1.807) is 19.4 Å². The maximum Gasteiger partial charge on any atom is 0.317 e. The topological polar surface area (TPSA) is 96.5 Å². The first-order valence-electron chi connectivity index (χ1n) is 5.79. The summed E-state index contributed by atoms with van der Waals surface area (Å²) in [6.07, 6.45) is 4.12. The minimum atomic E-state index is -0.677. The molecule has 0 saturated heterocycles. The molecule has 0 radical (unpaired) electrons. The fraction of sp³-hybridized carbons (Fsp3) is 0.333. The van der Waals surface area contributed by atoms with Crippen LogP contribution in [0.1, 0.15) is 24.7 Å². The molecule has 7 heteroatoms. The normalized spacial score (nSPS) is 11.0. The molecule has 0 aliphatic carbocycles. The van der Waals surface area contributed by atoms with Gasteiger partial charge in [0.2, 0.25) is 0 Å². The molecule has 0 bridgehead atoms. The number of amides is 2. The van der Waals surface area contributed by atoms with Crippen molar-refractivity contribution in [3.8, 4) is 0 Å². The summed E-state index contributed by atoms with van der Waals surface area (Å²) in [6.45, 7) is 7.45. The van der Waals surface area contributed by atoms with Crippen LogP contribution < -0.4 is 11.1 Å². The largest absolute Gasteiger partial charge is 0.351 e. The number of aromatic nitrogens is 2. The maximum atomic E-state index is 10.7. The number of rotatable bonds is 5. The molecule has 0 saturated carbocycles. The summed E-state index contributed by atoms with van der Waals surface area (Å²) in [5.41, 5.74) is 6.63. The SMILES string of the molecule is C=C(NC(N)=O)N(C)/N=C(\CC)c1cnc(C)nc1. The Kier molecular flexibility index (Phi) is 4.99. The number of aryl methyl sites for hydroxylation is 1. The second-order valence-electron chi connectivity index (χ2n) is 3.88. The summed E-state index contributed by atoms with van der Waals surface area (Å²) in [5.74, 6) is 0.999. The quantitative estimate of drug-likeness (QED) is 0.610. The Balaban J connectivity index is 2.89. The van der Waals surface area contributed by atoms with Crippen LogP contribution in [-0.4, -0.2) is 33.8 Å². The van der Waals surface area contributed by atoms with Gasteiger partial charge in [0.25, 0.3) is 0 Å². The summed E-state index contributed by atoms with van der Waals surface area (Å²) in [5, 5.41) is 8.16. The van der Waals surface area contributed by atoms with Crippen LogP contribution >= 0.6 is 0 Å². The second-order valence-corrected chi connectivity index (χ2v) is 3.88. The Morgan fingerprint density at radius 3 is 2.58 bits per heavy atom. The number of hydrogen-bond acceptors (Lipinski definition) is 5. The van der Waals surface area contributed by atoms with Crippen LogP contribution in [-0.2, 0) is 0 Å². The summed E-state index contributed by atoms with van der Waals surface area (Å²) in [7, 11) is 1.67. The Hall–Kier alpha value is -2.44. The van der Waals surface area contributed by atoms with Gasteiger partial charge < -0.3 is 5.73 Å². The van der Waals surface area contributed by atoms with Crippen molar-refractivity contribution in [1.29, 1.82) is 0 Å². The van der Waals surface area contributed by atoms with Gasteiger partial charge in [-0.05, 0) is 13.3 Å². The van der Waals surface area contributed by atoms with E-state index in [9.17, 15) is 4.79 Å². The average Bonchev–Trinajstić information content (AvgIpc) is 2.36. The molecule has 3 N–H and O–H groups in total. The monoisotopic (exact) mass is 262 g/mol. The van der Waals surface area contributed by atoms with Crippen LogP contribution in [0.15, 0.2) is 29.9 Å². The fourth-order valence-electron chi connectivity index (χ4n) is 1.34. The minimum absolute atomic E-state index is 0.298. The highest BCUT2D eigenvalue weighted by Crippen LogP contribution is 2.05.